The van der Waals surface area contributed by atoms with Gasteiger partial charge in [-0.15, -0.1) is 0 Å². The fourth-order valence-electron chi connectivity index (χ4n) is 1.24. The topological polar surface area (TPSA) is 25.8 Å². The Labute approximate surface area is 122 Å². The van der Waals surface area contributed by atoms with Crippen LogP contribution in [0.5, 0.6) is 0 Å². The lowest BCUT2D eigenvalue weighted by Crippen LogP contribution is -1.92. The molecule has 0 N–H and O–H groups in total. The third kappa shape index (κ3) is 3.48. The maximum absolute atomic E-state index is 13.6. The van der Waals surface area contributed by atoms with E-state index in [1.807, 2.05) is 0 Å². The third-order valence-electron chi connectivity index (χ3n) is 2.03. The summed E-state index contributed by atoms with van der Waals surface area (Å²) in [6.07, 6.45) is 0. The fourth-order valence-corrected chi connectivity index (χ4v) is 2.79. The fraction of sp³-hybridized carbons (Fsp3) is 0.0909. The van der Waals surface area contributed by atoms with Crippen LogP contribution in [-0.4, -0.2) is 9.97 Å². The molecule has 1 aromatic heterocycles. The molecule has 0 spiro atoms. The lowest BCUT2D eigenvalue weighted by atomic mass is 10.2. The maximum Gasteiger partial charge on any atom is 0.190 e. The van der Waals surface area contributed by atoms with Crippen LogP contribution in [0.1, 0.15) is 5.56 Å². The normalized spacial score (nSPS) is 10.7. The van der Waals surface area contributed by atoms with Gasteiger partial charge in [-0.05, 0) is 11.6 Å². The highest BCUT2D eigenvalue weighted by molar-refractivity contribution is 7.98. The molecule has 0 bridgehead atoms. The molecule has 0 atom stereocenters. The van der Waals surface area contributed by atoms with E-state index in [1.165, 1.54) is 23.9 Å². The van der Waals surface area contributed by atoms with Crippen molar-refractivity contribution in [1.29, 1.82) is 0 Å². The molecule has 1 heterocycles. The summed E-state index contributed by atoms with van der Waals surface area (Å²) in [5, 5.41) is 0.998. The van der Waals surface area contributed by atoms with Crippen molar-refractivity contribution in [3.8, 4) is 0 Å². The monoisotopic (exact) mass is 322 g/mol. The van der Waals surface area contributed by atoms with E-state index < -0.39 is 5.82 Å². The highest BCUT2D eigenvalue weighted by Crippen LogP contribution is 2.26. The summed E-state index contributed by atoms with van der Waals surface area (Å²) in [6, 6.07) is 6.28. The molecule has 2 aromatic rings. The lowest BCUT2D eigenvalue weighted by molar-refractivity contribution is 0.617. The minimum atomic E-state index is -0.431. The molecule has 0 fully saturated rings. The van der Waals surface area contributed by atoms with E-state index in [0.29, 0.717) is 16.5 Å². The Kier molecular flexibility index (Phi) is 4.67. The second kappa shape index (κ2) is 6.06. The summed E-state index contributed by atoms with van der Waals surface area (Å²) >= 11 is 18.4. The molecule has 1 aromatic carbocycles. The van der Waals surface area contributed by atoms with E-state index in [0.717, 1.165) is 0 Å². The first-order valence-corrected chi connectivity index (χ1v) is 6.94. The van der Waals surface area contributed by atoms with Crippen molar-refractivity contribution >= 4 is 46.6 Å². The number of hydrogen-bond donors (Lipinski definition) is 0. The first kappa shape index (κ1) is 13.9. The van der Waals surface area contributed by atoms with Gasteiger partial charge in [0.15, 0.2) is 5.16 Å². The molecule has 0 radical (unpaired) electrons. The number of rotatable bonds is 3. The quantitative estimate of drug-likeness (QED) is 0.458. The molecule has 0 saturated carbocycles. The van der Waals surface area contributed by atoms with Crippen LogP contribution < -0.4 is 0 Å². The first-order valence-electron chi connectivity index (χ1n) is 4.82. The summed E-state index contributed by atoms with van der Waals surface area (Å²) < 4.78 is 13.6. The average molecular weight is 324 g/mol. The zero-order valence-corrected chi connectivity index (χ0v) is 11.9. The summed E-state index contributed by atoms with van der Waals surface area (Å²) in [7, 11) is 0. The van der Waals surface area contributed by atoms with Gasteiger partial charge in [-0.3, -0.25) is 0 Å². The Hall–Kier alpha value is -0.550. The SMILES string of the molecule is Fc1c(Cl)cccc1CSc1nc(Cl)cc(Cl)n1. The van der Waals surface area contributed by atoms with Crippen molar-refractivity contribution in [2.24, 2.45) is 0 Å². The maximum atomic E-state index is 13.6. The van der Waals surface area contributed by atoms with Gasteiger partial charge in [0.2, 0.25) is 0 Å². The van der Waals surface area contributed by atoms with Crippen molar-refractivity contribution in [3.05, 3.63) is 51.0 Å². The van der Waals surface area contributed by atoms with Crippen LogP contribution in [0.4, 0.5) is 4.39 Å². The summed E-state index contributed by atoms with van der Waals surface area (Å²) in [4.78, 5) is 7.96. The zero-order valence-electron chi connectivity index (χ0n) is 8.83. The molecule has 0 aliphatic rings. The first-order chi connectivity index (χ1) is 8.56. The molecule has 7 heteroatoms. The summed E-state index contributed by atoms with van der Waals surface area (Å²) in [5.74, 6) is -0.0805. The van der Waals surface area contributed by atoms with Crippen molar-refractivity contribution in [1.82, 2.24) is 9.97 Å². The standard InChI is InChI=1S/C11H6Cl3FN2S/c12-7-3-1-2-6(10(7)15)5-18-11-16-8(13)4-9(14)17-11/h1-4H,5H2. The number of benzene rings is 1. The van der Waals surface area contributed by atoms with Crippen molar-refractivity contribution in [2.75, 3.05) is 0 Å². The Bertz CT molecular complexity index is 560. The number of halogens is 4. The Morgan fingerprint density at radius 3 is 2.44 bits per heavy atom. The minimum absolute atomic E-state index is 0.0955. The molecular weight excluding hydrogens is 318 g/mol. The van der Waals surface area contributed by atoms with E-state index >= 15 is 0 Å². The van der Waals surface area contributed by atoms with E-state index in [-0.39, 0.29) is 15.3 Å². The van der Waals surface area contributed by atoms with Gasteiger partial charge in [0.1, 0.15) is 16.1 Å². The molecule has 18 heavy (non-hydrogen) atoms. The van der Waals surface area contributed by atoms with Gasteiger partial charge in [-0.2, -0.15) is 0 Å². The van der Waals surface area contributed by atoms with Gasteiger partial charge < -0.3 is 0 Å². The zero-order chi connectivity index (χ0) is 13.1. The average Bonchev–Trinajstić information content (AvgIpc) is 2.30. The second-order valence-corrected chi connectivity index (χ2v) is 5.42. The molecular formula is C11H6Cl3FN2S. The molecule has 0 aliphatic carbocycles. The van der Waals surface area contributed by atoms with Gasteiger partial charge in [-0.1, -0.05) is 58.7 Å². The molecule has 0 amide bonds. The van der Waals surface area contributed by atoms with Gasteiger partial charge in [0.25, 0.3) is 0 Å². The predicted octanol–water partition coefficient (Wildman–Crippen LogP) is 4.87. The molecule has 2 rings (SSSR count). The van der Waals surface area contributed by atoms with Crippen molar-refractivity contribution in [2.45, 2.75) is 10.9 Å². The van der Waals surface area contributed by atoms with Gasteiger partial charge >= 0.3 is 0 Å². The van der Waals surface area contributed by atoms with E-state index in [1.54, 1.807) is 12.1 Å². The molecule has 0 aliphatic heterocycles. The second-order valence-electron chi connectivity index (χ2n) is 3.30. The molecule has 2 nitrogen and oxygen atoms in total. The molecule has 0 unspecified atom stereocenters. The van der Waals surface area contributed by atoms with Crippen molar-refractivity contribution < 1.29 is 4.39 Å². The Balaban J connectivity index is 2.14. The van der Waals surface area contributed by atoms with Crippen LogP contribution in [0.2, 0.25) is 15.3 Å². The Morgan fingerprint density at radius 2 is 1.78 bits per heavy atom. The highest BCUT2D eigenvalue weighted by atomic mass is 35.5. The van der Waals surface area contributed by atoms with E-state index in [2.05, 4.69) is 9.97 Å². The summed E-state index contributed by atoms with van der Waals surface area (Å²) in [5.41, 5.74) is 0.479. The van der Waals surface area contributed by atoms with E-state index in [4.69, 9.17) is 34.8 Å². The minimum Gasteiger partial charge on any atom is -0.211 e. The number of thioether (sulfide) groups is 1. The lowest BCUT2D eigenvalue weighted by Gasteiger charge is -2.04. The molecule has 94 valence electrons. The van der Waals surface area contributed by atoms with Gasteiger partial charge in [-0.25, -0.2) is 14.4 Å². The van der Waals surface area contributed by atoms with Crippen LogP contribution in [0.15, 0.2) is 29.4 Å². The van der Waals surface area contributed by atoms with Gasteiger partial charge in [0.05, 0.1) is 5.02 Å². The smallest absolute Gasteiger partial charge is 0.190 e. The van der Waals surface area contributed by atoms with Crippen LogP contribution in [0, 0.1) is 5.82 Å². The van der Waals surface area contributed by atoms with Gasteiger partial charge in [0, 0.05) is 11.8 Å². The van der Waals surface area contributed by atoms with Crippen LogP contribution >= 0.6 is 46.6 Å². The van der Waals surface area contributed by atoms with Crippen molar-refractivity contribution in [3.63, 3.8) is 0 Å². The number of aromatic nitrogens is 2. The highest BCUT2D eigenvalue weighted by Gasteiger charge is 2.08. The predicted molar refractivity (Wildman–Crippen MR) is 73.0 cm³/mol. The number of hydrogen-bond acceptors (Lipinski definition) is 3. The van der Waals surface area contributed by atoms with Crippen LogP contribution in [0.25, 0.3) is 0 Å². The van der Waals surface area contributed by atoms with Crippen LogP contribution in [-0.2, 0) is 5.75 Å². The Morgan fingerprint density at radius 1 is 1.11 bits per heavy atom. The largest absolute Gasteiger partial charge is 0.211 e. The molecule has 0 saturated heterocycles. The van der Waals surface area contributed by atoms with E-state index in [9.17, 15) is 4.39 Å². The summed E-state index contributed by atoms with van der Waals surface area (Å²) in [6.45, 7) is 0. The number of nitrogens with zero attached hydrogens (tertiary/aromatic N) is 2. The van der Waals surface area contributed by atoms with Crippen LogP contribution in [0.3, 0.4) is 0 Å². The third-order valence-corrected chi connectivity index (χ3v) is 3.61.